The normalized spacial score (nSPS) is 16.7. The molecule has 0 saturated carbocycles. The van der Waals surface area contributed by atoms with Crippen LogP contribution in [0.2, 0.25) is 0 Å². The molecule has 1 unspecified atom stereocenters. The molecular weight excluding hydrogens is 377 g/mol. The number of aromatic nitrogens is 4. The number of likely N-dealkylation sites (tertiary alicyclic amines) is 1. The molecule has 2 aromatic heterocycles. The van der Waals surface area contributed by atoms with Gasteiger partial charge in [0, 0.05) is 42.5 Å². The second-order valence-electron chi connectivity index (χ2n) is 7.12. The van der Waals surface area contributed by atoms with E-state index < -0.39 is 11.2 Å². The van der Waals surface area contributed by atoms with Crippen LogP contribution in [0.25, 0.3) is 11.1 Å². The molecule has 3 aromatic rings. The Morgan fingerprint density at radius 2 is 2.00 bits per heavy atom. The van der Waals surface area contributed by atoms with Crippen molar-refractivity contribution < 1.29 is 9.18 Å². The van der Waals surface area contributed by atoms with Gasteiger partial charge in [0.25, 0.3) is 5.56 Å². The van der Waals surface area contributed by atoms with E-state index in [0.29, 0.717) is 13.1 Å². The van der Waals surface area contributed by atoms with Crippen LogP contribution in [0.1, 0.15) is 24.5 Å². The number of H-pyrrole nitrogens is 2. The summed E-state index contributed by atoms with van der Waals surface area (Å²) in [6.45, 7) is 0.969. The molecule has 0 radical (unpaired) electrons. The van der Waals surface area contributed by atoms with Crippen LogP contribution in [-0.4, -0.2) is 43.6 Å². The molecule has 4 rings (SSSR count). The van der Waals surface area contributed by atoms with E-state index in [1.807, 2.05) is 0 Å². The van der Waals surface area contributed by atoms with Crippen LogP contribution in [0.3, 0.4) is 0 Å². The number of amides is 1. The fourth-order valence-corrected chi connectivity index (χ4v) is 3.72. The number of aromatic amines is 2. The van der Waals surface area contributed by atoms with E-state index >= 15 is 0 Å². The Bertz CT molecular complexity index is 1130. The van der Waals surface area contributed by atoms with Crippen molar-refractivity contribution in [2.45, 2.75) is 25.3 Å². The lowest BCUT2D eigenvalue weighted by molar-refractivity contribution is -0.133. The predicted molar refractivity (Wildman–Crippen MR) is 104 cm³/mol. The Morgan fingerprint density at radius 3 is 2.76 bits per heavy atom. The van der Waals surface area contributed by atoms with Gasteiger partial charge in [-0.15, -0.1) is 0 Å². The molecule has 1 amide bonds. The van der Waals surface area contributed by atoms with E-state index in [2.05, 4.69) is 15.2 Å². The highest BCUT2D eigenvalue weighted by Gasteiger charge is 2.28. The average Bonchev–Trinajstić information content (AvgIpc) is 3.20. The first-order valence-corrected chi connectivity index (χ1v) is 9.38. The van der Waals surface area contributed by atoms with Crippen LogP contribution >= 0.6 is 0 Å². The van der Waals surface area contributed by atoms with Crippen molar-refractivity contribution in [3.8, 4) is 11.1 Å². The summed E-state index contributed by atoms with van der Waals surface area (Å²) in [7, 11) is 0. The molecule has 0 spiro atoms. The largest absolute Gasteiger partial charge is 0.340 e. The van der Waals surface area contributed by atoms with Gasteiger partial charge in [-0.2, -0.15) is 5.10 Å². The van der Waals surface area contributed by atoms with E-state index in [1.165, 1.54) is 29.0 Å². The van der Waals surface area contributed by atoms with Crippen molar-refractivity contribution in [3.05, 3.63) is 75.1 Å². The Balaban J connectivity index is 1.51. The zero-order valence-corrected chi connectivity index (χ0v) is 15.6. The highest BCUT2D eigenvalue weighted by molar-refractivity contribution is 5.76. The van der Waals surface area contributed by atoms with E-state index in [-0.39, 0.29) is 24.2 Å². The maximum Gasteiger partial charge on any atom is 0.328 e. The average molecular weight is 397 g/mol. The maximum atomic E-state index is 13.2. The summed E-state index contributed by atoms with van der Waals surface area (Å²) in [4.78, 5) is 39.6. The highest BCUT2D eigenvalue weighted by atomic mass is 19.1. The zero-order chi connectivity index (χ0) is 20.4. The molecule has 1 fully saturated rings. The Kier molecular flexibility index (Phi) is 5.11. The molecule has 1 aliphatic heterocycles. The van der Waals surface area contributed by atoms with Gasteiger partial charge in [-0.1, -0.05) is 12.1 Å². The van der Waals surface area contributed by atoms with Gasteiger partial charge in [0.2, 0.25) is 5.91 Å². The second kappa shape index (κ2) is 7.86. The van der Waals surface area contributed by atoms with Crippen molar-refractivity contribution in [3.63, 3.8) is 0 Å². The minimum Gasteiger partial charge on any atom is -0.340 e. The molecule has 150 valence electrons. The third-order valence-corrected chi connectivity index (χ3v) is 5.21. The highest BCUT2D eigenvalue weighted by Crippen LogP contribution is 2.33. The number of rotatable bonds is 4. The molecular formula is C20H20FN5O3. The zero-order valence-electron chi connectivity index (χ0n) is 15.6. The number of nitrogens with one attached hydrogen (secondary N) is 2. The Labute approximate surface area is 165 Å². The number of carbonyl (C=O) groups excluding carboxylic acids is 1. The van der Waals surface area contributed by atoms with Gasteiger partial charge >= 0.3 is 5.69 Å². The first-order chi connectivity index (χ1) is 14.0. The van der Waals surface area contributed by atoms with Crippen LogP contribution < -0.4 is 11.2 Å². The molecule has 0 bridgehead atoms. The fraction of sp³-hybridized carbons (Fsp3) is 0.300. The van der Waals surface area contributed by atoms with Crippen LogP contribution in [0.15, 0.2) is 52.3 Å². The van der Waals surface area contributed by atoms with Crippen molar-refractivity contribution in [2.24, 2.45) is 0 Å². The molecule has 29 heavy (non-hydrogen) atoms. The first-order valence-electron chi connectivity index (χ1n) is 9.38. The van der Waals surface area contributed by atoms with Crippen LogP contribution in [0.4, 0.5) is 4.39 Å². The fourth-order valence-electron chi connectivity index (χ4n) is 3.72. The predicted octanol–water partition coefficient (Wildman–Crippen LogP) is 1.47. The van der Waals surface area contributed by atoms with Gasteiger partial charge in [-0.25, -0.2) is 9.18 Å². The number of carbonyl (C=O) groups is 1. The van der Waals surface area contributed by atoms with Crippen molar-refractivity contribution in [1.82, 2.24) is 24.6 Å². The smallest absolute Gasteiger partial charge is 0.328 e. The van der Waals surface area contributed by atoms with E-state index in [4.69, 9.17) is 0 Å². The number of halogens is 1. The maximum absolute atomic E-state index is 13.2. The lowest BCUT2D eigenvalue weighted by Crippen LogP contribution is -2.43. The van der Waals surface area contributed by atoms with Gasteiger partial charge in [0.15, 0.2) is 0 Å². The molecule has 1 aromatic carbocycles. The number of nitrogens with zero attached hydrogens (tertiary/aromatic N) is 3. The summed E-state index contributed by atoms with van der Waals surface area (Å²) in [6, 6.07) is 7.44. The lowest BCUT2D eigenvalue weighted by Gasteiger charge is -2.33. The van der Waals surface area contributed by atoms with Crippen LogP contribution in [-0.2, 0) is 11.3 Å². The summed E-state index contributed by atoms with van der Waals surface area (Å²) in [5, 5.41) is 7.19. The summed E-state index contributed by atoms with van der Waals surface area (Å²) in [5.74, 6) is -0.431. The van der Waals surface area contributed by atoms with Crippen molar-refractivity contribution in [1.29, 1.82) is 0 Å². The number of hydrogen-bond acceptors (Lipinski definition) is 4. The lowest BCUT2D eigenvalue weighted by atomic mass is 9.90. The molecule has 1 aliphatic rings. The molecule has 8 nitrogen and oxygen atoms in total. The van der Waals surface area contributed by atoms with E-state index in [1.54, 1.807) is 23.2 Å². The summed E-state index contributed by atoms with van der Waals surface area (Å²) < 4.78 is 14.4. The number of piperidine rings is 1. The summed E-state index contributed by atoms with van der Waals surface area (Å²) in [6.07, 6.45) is 4.74. The van der Waals surface area contributed by atoms with Gasteiger partial charge in [-0.05, 0) is 30.5 Å². The number of hydrogen-bond donors (Lipinski definition) is 2. The van der Waals surface area contributed by atoms with Gasteiger partial charge in [0.05, 0.1) is 6.20 Å². The summed E-state index contributed by atoms with van der Waals surface area (Å²) in [5.41, 5.74) is 1.56. The van der Waals surface area contributed by atoms with Crippen molar-refractivity contribution >= 4 is 5.91 Å². The minimum atomic E-state index is -0.605. The summed E-state index contributed by atoms with van der Waals surface area (Å²) >= 11 is 0. The monoisotopic (exact) mass is 397 g/mol. The third-order valence-electron chi connectivity index (χ3n) is 5.21. The molecule has 0 aliphatic carbocycles. The van der Waals surface area contributed by atoms with Gasteiger partial charge in [-0.3, -0.25) is 24.2 Å². The first kappa shape index (κ1) is 18.9. The Hall–Kier alpha value is -3.49. The van der Waals surface area contributed by atoms with Crippen LogP contribution in [0.5, 0.6) is 0 Å². The topological polar surface area (TPSA) is 104 Å². The SMILES string of the molecule is O=C(Cn1ccc(=O)[nH]c1=O)N1CCCC(c2[nH]ncc2-c2ccc(F)cc2)C1. The second-order valence-corrected chi connectivity index (χ2v) is 7.12. The van der Waals surface area contributed by atoms with E-state index in [0.717, 1.165) is 29.7 Å². The molecule has 1 saturated heterocycles. The molecule has 1 atom stereocenters. The quantitative estimate of drug-likeness (QED) is 0.696. The number of benzene rings is 1. The molecule has 3 heterocycles. The standard InChI is InChI=1S/C20H20FN5O3/c21-15-5-3-13(4-6-15)16-10-22-24-19(16)14-2-1-8-25(11-14)18(28)12-26-9-7-17(27)23-20(26)29/h3-7,9-10,14H,1-2,8,11-12H2,(H,22,24)(H,23,27,29). The van der Waals surface area contributed by atoms with Gasteiger partial charge in [0.1, 0.15) is 12.4 Å². The Morgan fingerprint density at radius 1 is 1.21 bits per heavy atom. The molecule has 9 heteroatoms. The van der Waals surface area contributed by atoms with E-state index in [9.17, 15) is 18.8 Å². The van der Waals surface area contributed by atoms with Crippen molar-refractivity contribution in [2.75, 3.05) is 13.1 Å². The minimum absolute atomic E-state index is 0.0579. The van der Waals surface area contributed by atoms with Crippen LogP contribution in [0, 0.1) is 5.82 Å². The van der Waals surface area contributed by atoms with Gasteiger partial charge < -0.3 is 4.90 Å². The molecule has 2 N–H and O–H groups in total. The third kappa shape index (κ3) is 4.03.